The zero-order valence-electron chi connectivity index (χ0n) is 17.6. The third-order valence-corrected chi connectivity index (χ3v) is 5.34. The summed E-state index contributed by atoms with van der Waals surface area (Å²) in [7, 11) is 0. The van der Waals surface area contributed by atoms with Crippen LogP contribution in [0.25, 0.3) is 16.8 Å². The van der Waals surface area contributed by atoms with Gasteiger partial charge in [-0.2, -0.15) is 4.98 Å². The number of nitrogen functional groups attached to an aromatic ring is 1. The van der Waals surface area contributed by atoms with Gasteiger partial charge in [0.2, 0.25) is 11.5 Å². The Kier molecular flexibility index (Phi) is 5.86. The zero-order valence-corrected chi connectivity index (χ0v) is 17.6. The van der Waals surface area contributed by atoms with Gasteiger partial charge in [-0.15, -0.1) is 5.10 Å². The third kappa shape index (κ3) is 4.00. The first kappa shape index (κ1) is 23.4. The molecular formula is C22H18F5N5O2. The normalized spacial score (nSPS) is 13.7. The van der Waals surface area contributed by atoms with E-state index in [1.807, 2.05) is 0 Å². The Morgan fingerprint density at radius 3 is 2.56 bits per heavy atom. The molecule has 1 atom stereocenters. The maximum absolute atomic E-state index is 15.3. The molecule has 0 bridgehead atoms. The topological polar surface area (TPSA) is 98.6 Å². The van der Waals surface area contributed by atoms with Gasteiger partial charge in [-0.05, 0) is 42.0 Å². The van der Waals surface area contributed by atoms with Gasteiger partial charge in [-0.25, -0.2) is 26.5 Å². The fourth-order valence-corrected chi connectivity index (χ4v) is 3.41. The molecule has 0 radical (unpaired) electrons. The molecule has 0 saturated heterocycles. The second kappa shape index (κ2) is 8.52. The maximum Gasteiger partial charge on any atom is 0.285 e. The number of aliphatic hydroxyl groups is 1. The highest BCUT2D eigenvalue weighted by molar-refractivity contribution is 5.69. The summed E-state index contributed by atoms with van der Waals surface area (Å²) < 4.78 is 78.8. The van der Waals surface area contributed by atoms with Crippen LogP contribution in [0.1, 0.15) is 19.0 Å². The predicted molar refractivity (Wildman–Crippen MR) is 112 cm³/mol. The Labute approximate surface area is 189 Å². The van der Waals surface area contributed by atoms with Crippen molar-refractivity contribution in [3.05, 3.63) is 71.9 Å². The molecule has 0 fully saturated rings. The maximum atomic E-state index is 15.3. The predicted octanol–water partition coefficient (Wildman–Crippen LogP) is 4.10. The number of halogens is 5. The van der Waals surface area contributed by atoms with Crippen LogP contribution < -0.4 is 10.5 Å². The van der Waals surface area contributed by atoms with Gasteiger partial charge in [-0.3, -0.25) is 4.98 Å². The molecule has 3 heterocycles. The number of hydrogen-bond donors (Lipinski definition) is 2. The Balaban J connectivity index is 1.71. The van der Waals surface area contributed by atoms with Crippen LogP contribution in [-0.4, -0.2) is 37.2 Å². The third-order valence-electron chi connectivity index (χ3n) is 5.34. The van der Waals surface area contributed by atoms with E-state index >= 15 is 4.39 Å². The fourth-order valence-electron chi connectivity index (χ4n) is 3.41. The van der Waals surface area contributed by atoms with Gasteiger partial charge in [0, 0.05) is 18.2 Å². The molecule has 12 heteroatoms. The highest BCUT2D eigenvalue weighted by Crippen LogP contribution is 2.41. The van der Waals surface area contributed by atoms with Gasteiger partial charge in [-0.1, -0.05) is 6.92 Å². The summed E-state index contributed by atoms with van der Waals surface area (Å²) in [4.78, 5) is 7.49. The van der Waals surface area contributed by atoms with E-state index < -0.39 is 53.4 Å². The SMILES string of the molecule is CCC(F)(F)C(O)(COc1c(F)ccc(-c2ccn3nc(N)nc3c2)c1F)c1ccc(F)cn1. The molecule has 178 valence electrons. The van der Waals surface area contributed by atoms with Crippen molar-refractivity contribution >= 4 is 11.6 Å². The monoisotopic (exact) mass is 479 g/mol. The second-order valence-electron chi connectivity index (χ2n) is 7.49. The van der Waals surface area contributed by atoms with Gasteiger partial charge >= 0.3 is 0 Å². The summed E-state index contributed by atoms with van der Waals surface area (Å²) >= 11 is 0. The first-order chi connectivity index (χ1) is 16.1. The van der Waals surface area contributed by atoms with E-state index in [2.05, 4.69) is 15.1 Å². The highest BCUT2D eigenvalue weighted by Gasteiger charge is 2.54. The minimum Gasteiger partial charge on any atom is -0.484 e. The van der Waals surface area contributed by atoms with E-state index in [-0.39, 0.29) is 17.1 Å². The number of rotatable bonds is 7. The van der Waals surface area contributed by atoms with Gasteiger partial charge in [0.25, 0.3) is 5.92 Å². The number of nitrogens with zero attached hydrogens (tertiary/aromatic N) is 4. The molecule has 3 N–H and O–H groups in total. The summed E-state index contributed by atoms with van der Waals surface area (Å²) in [6, 6.07) is 6.61. The first-order valence-electron chi connectivity index (χ1n) is 10.0. The van der Waals surface area contributed by atoms with Crippen molar-refractivity contribution in [1.82, 2.24) is 19.6 Å². The molecule has 4 aromatic rings. The molecule has 0 aliphatic carbocycles. The number of ether oxygens (including phenoxy) is 1. The summed E-state index contributed by atoms with van der Waals surface area (Å²) in [5.74, 6) is -7.99. The molecule has 7 nitrogen and oxygen atoms in total. The van der Waals surface area contributed by atoms with Crippen molar-refractivity contribution in [1.29, 1.82) is 0 Å². The van der Waals surface area contributed by atoms with Gasteiger partial charge in [0.05, 0.1) is 11.9 Å². The Morgan fingerprint density at radius 2 is 1.88 bits per heavy atom. The fraction of sp³-hybridized carbons (Fsp3) is 0.227. The Morgan fingerprint density at radius 1 is 1.12 bits per heavy atom. The van der Waals surface area contributed by atoms with Crippen LogP contribution in [0.2, 0.25) is 0 Å². The summed E-state index contributed by atoms with van der Waals surface area (Å²) in [5.41, 5.74) is 2.26. The van der Waals surface area contributed by atoms with Crippen LogP contribution in [0.4, 0.5) is 27.9 Å². The average Bonchev–Trinajstić information content (AvgIpc) is 3.18. The molecule has 0 saturated carbocycles. The number of nitrogens with two attached hydrogens (primary N) is 1. The van der Waals surface area contributed by atoms with Crippen molar-refractivity contribution in [2.75, 3.05) is 12.3 Å². The van der Waals surface area contributed by atoms with E-state index in [0.29, 0.717) is 11.8 Å². The summed E-state index contributed by atoms with van der Waals surface area (Å²) in [6.45, 7) is -0.160. The molecule has 0 aliphatic rings. The smallest absolute Gasteiger partial charge is 0.285 e. The van der Waals surface area contributed by atoms with Crippen molar-refractivity contribution in [3.8, 4) is 16.9 Å². The molecule has 1 aromatic carbocycles. The minimum absolute atomic E-state index is 0.00806. The molecule has 34 heavy (non-hydrogen) atoms. The van der Waals surface area contributed by atoms with E-state index in [9.17, 15) is 22.7 Å². The lowest BCUT2D eigenvalue weighted by Crippen LogP contribution is -2.50. The van der Waals surface area contributed by atoms with Crippen LogP contribution in [-0.2, 0) is 5.60 Å². The van der Waals surface area contributed by atoms with Crippen LogP contribution in [0, 0.1) is 17.5 Å². The number of anilines is 1. The molecule has 3 aromatic heterocycles. The average molecular weight is 479 g/mol. The molecule has 0 amide bonds. The zero-order chi connectivity index (χ0) is 24.7. The van der Waals surface area contributed by atoms with Crippen molar-refractivity contribution < 1.29 is 31.8 Å². The number of fused-ring (bicyclic) bond motifs is 1. The summed E-state index contributed by atoms with van der Waals surface area (Å²) in [6.07, 6.45) is 1.25. The minimum atomic E-state index is -3.82. The standard InChI is InChI=1S/C22H18F5N5O2/c1-2-22(26,27)21(33,16-6-3-13(23)10-29-16)11-34-19-15(24)5-4-14(18(19)25)12-7-8-32-17(9-12)30-20(28)31-32/h3-10,33H,2,11H2,1H3,(H2,28,31). The van der Waals surface area contributed by atoms with Crippen LogP contribution >= 0.6 is 0 Å². The van der Waals surface area contributed by atoms with Gasteiger partial charge in [0.1, 0.15) is 12.4 Å². The number of hydrogen-bond acceptors (Lipinski definition) is 6. The Hall–Kier alpha value is -3.80. The van der Waals surface area contributed by atoms with Crippen molar-refractivity contribution in [3.63, 3.8) is 0 Å². The second-order valence-corrected chi connectivity index (χ2v) is 7.49. The molecule has 4 rings (SSSR count). The van der Waals surface area contributed by atoms with Crippen molar-refractivity contribution in [2.45, 2.75) is 24.9 Å². The van der Waals surface area contributed by atoms with Crippen LogP contribution in [0.3, 0.4) is 0 Å². The van der Waals surface area contributed by atoms with E-state index in [4.69, 9.17) is 10.5 Å². The van der Waals surface area contributed by atoms with Crippen LogP contribution in [0.15, 0.2) is 48.8 Å². The molecule has 0 spiro atoms. The molecule has 0 aliphatic heterocycles. The number of pyridine rings is 2. The number of alkyl halides is 2. The van der Waals surface area contributed by atoms with E-state index in [1.54, 1.807) is 0 Å². The Bertz CT molecular complexity index is 1350. The lowest BCUT2D eigenvalue weighted by atomic mass is 9.90. The number of aromatic nitrogens is 4. The summed E-state index contributed by atoms with van der Waals surface area (Å²) in [5, 5.41) is 14.7. The largest absolute Gasteiger partial charge is 0.484 e. The van der Waals surface area contributed by atoms with Gasteiger partial charge < -0.3 is 15.6 Å². The lowest BCUT2D eigenvalue weighted by Gasteiger charge is -2.34. The highest BCUT2D eigenvalue weighted by atomic mass is 19.3. The van der Waals surface area contributed by atoms with Crippen LogP contribution in [0.5, 0.6) is 5.75 Å². The quantitative estimate of drug-likeness (QED) is 0.388. The van der Waals surface area contributed by atoms with E-state index in [1.165, 1.54) is 22.8 Å². The lowest BCUT2D eigenvalue weighted by molar-refractivity contribution is -0.205. The first-order valence-corrected chi connectivity index (χ1v) is 10.0. The van der Waals surface area contributed by atoms with Crippen molar-refractivity contribution in [2.24, 2.45) is 0 Å². The molecule has 1 unspecified atom stereocenters. The number of benzene rings is 1. The van der Waals surface area contributed by atoms with E-state index in [0.717, 1.165) is 31.2 Å². The molecular weight excluding hydrogens is 461 g/mol. The van der Waals surface area contributed by atoms with Gasteiger partial charge in [0.15, 0.2) is 23.0 Å².